The van der Waals surface area contributed by atoms with Crippen LogP contribution in [0.3, 0.4) is 0 Å². The van der Waals surface area contributed by atoms with Gasteiger partial charge in [-0.05, 0) is 60.3 Å². The molecule has 0 radical (unpaired) electrons. The fourth-order valence-electron chi connectivity index (χ4n) is 2.41. The number of benzene rings is 2. The molecule has 2 aromatic carbocycles. The number of hydrogen-bond acceptors (Lipinski definition) is 6. The van der Waals surface area contributed by atoms with E-state index in [0.717, 1.165) is 27.2 Å². The molecule has 0 bridgehead atoms. The van der Waals surface area contributed by atoms with E-state index in [9.17, 15) is 0 Å². The summed E-state index contributed by atoms with van der Waals surface area (Å²) in [6, 6.07) is 14.2. The lowest BCUT2D eigenvalue weighted by Gasteiger charge is -2.06. The summed E-state index contributed by atoms with van der Waals surface area (Å²) in [5.41, 5.74) is 4.19. The number of nitrogens with zero attached hydrogens (tertiary/aromatic N) is 6. The summed E-state index contributed by atoms with van der Waals surface area (Å²) in [4.78, 5) is 8.73. The summed E-state index contributed by atoms with van der Waals surface area (Å²) in [5, 5.41) is 14.6. The SMILES string of the molecule is Cc1ccc(-n2nnnc2Sc2ncnc3ccc(C)cc23)cc1. The van der Waals surface area contributed by atoms with Crippen molar-refractivity contribution < 1.29 is 0 Å². The minimum Gasteiger partial charge on any atom is -0.236 e. The lowest BCUT2D eigenvalue weighted by Crippen LogP contribution is -1.99. The highest BCUT2D eigenvalue weighted by Gasteiger charge is 2.13. The maximum absolute atomic E-state index is 4.41. The van der Waals surface area contributed by atoms with Crippen LogP contribution >= 0.6 is 11.8 Å². The van der Waals surface area contributed by atoms with Crippen molar-refractivity contribution in [3.8, 4) is 5.69 Å². The van der Waals surface area contributed by atoms with Gasteiger partial charge in [-0.2, -0.15) is 4.68 Å². The molecule has 0 unspecified atom stereocenters. The maximum atomic E-state index is 4.41. The molecule has 0 saturated carbocycles. The monoisotopic (exact) mass is 334 g/mol. The molecule has 0 N–H and O–H groups in total. The lowest BCUT2D eigenvalue weighted by atomic mass is 10.2. The normalized spacial score (nSPS) is 11.1. The van der Waals surface area contributed by atoms with Crippen molar-refractivity contribution in [1.82, 2.24) is 30.2 Å². The molecule has 24 heavy (non-hydrogen) atoms. The predicted octanol–water partition coefficient (Wildman–Crippen LogP) is 3.37. The Labute approximate surface area is 143 Å². The van der Waals surface area contributed by atoms with Crippen LogP contribution < -0.4 is 0 Å². The molecule has 0 spiro atoms. The van der Waals surface area contributed by atoms with Gasteiger partial charge in [0.15, 0.2) is 0 Å². The third-order valence-electron chi connectivity index (χ3n) is 3.66. The molecule has 0 aliphatic heterocycles. The Morgan fingerprint density at radius 1 is 0.917 bits per heavy atom. The summed E-state index contributed by atoms with van der Waals surface area (Å²) in [5.74, 6) is 0. The molecule has 4 aromatic rings. The van der Waals surface area contributed by atoms with Gasteiger partial charge in [-0.15, -0.1) is 5.10 Å². The smallest absolute Gasteiger partial charge is 0.220 e. The van der Waals surface area contributed by atoms with Crippen molar-refractivity contribution in [2.45, 2.75) is 24.0 Å². The predicted molar refractivity (Wildman–Crippen MR) is 92.3 cm³/mol. The summed E-state index contributed by atoms with van der Waals surface area (Å²) in [7, 11) is 0. The van der Waals surface area contributed by atoms with Crippen LogP contribution in [0.4, 0.5) is 0 Å². The van der Waals surface area contributed by atoms with Crippen LogP contribution in [0.25, 0.3) is 16.6 Å². The molecular formula is C17H14N6S. The van der Waals surface area contributed by atoms with E-state index in [1.54, 1.807) is 11.0 Å². The summed E-state index contributed by atoms with van der Waals surface area (Å²) in [6.45, 7) is 4.10. The van der Waals surface area contributed by atoms with Crippen molar-refractivity contribution in [2.75, 3.05) is 0 Å². The third kappa shape index (κ3) is 2.74. The second-order valence-corrected chi connectivity index (χ2v) is 6.47. The van der Waals surface area contributed by atoms with Gasteiger partial charge < -0.3 is 0 Å². The van der Waals surface area contributed by atoms with Crippen molar-refractivity contribution in [3.05, 3.63) is 59.9 Å². The largest absolute Gasteiger partial charge is 0.236 e. The fraction of sp³-hybridized carbons (Fsp3) is 0.118. The van der Waals surface area contributed by atoms with Gasteiger partial charge in [-0.1, -0.05) is 29.3 Å². The van der Waals surface area contributed by atoms with Crippen LogP contribution in [0.2, 0.25) is 0 Å². The van der Waals surface area contributed by atoms with E-state index in [1.165, 1.54) is 17.3 Å². The van der Waals surface area contributed by atoms with Crippen LogP contribution in [0, 0.1) is 13.8 Å². The van der Waals surface area contributed by atoms with E-state index in [2.05, 4.69) is 38.5 Å². The van der Waals surface area contributed by atoms with Gasteiger partial charge in [0.2, 0.25) is 5.16 Å². The first-order valence-electron chi connectivity index (χ1n) is 7.45. The van der Waals surface area contributed by atoms with E-state index >= 15 is 0 Å². The summed E-state index contributed by atoms with van der Waals surface area (Å²) >= 11 is 1.43. The molecule has 2 heterocycles. The minimum absolute atomic E-state index is 0.667. The third-order valence-corrected chi connectivity index (χ3v) is 4.62. The highest BCUT2D eigenvalue weighted by Crippen LogP contribution is 2.30. The molecule has 2 aromatic heterocycles. The number of tetrazole rings is 1. The number of rotatable bonds is 3. The standard InChI is InChI=1S/C17H14N6S/c1-11-3-6-13(7-4-11)23-17(20-21-22-23)24-16-14-9-12(2)5-8-15(14)18-10-19-16/h3-10H,1-2H3. The Bertz CT molecular complexity index is 1010. The molecule has 0 saturated heterocycles. The molecule has 118 valence electrons. The average Bonchev–Trinajstić information content (AvgIpc) is 3.04. The number of fused-ring (bicyclic) bond motifs is 1. The van der Waals surface area contributed by atoms with Gasteiger partial charge in [-0.3, -0.25) is 0 Å². The Morgan fingerprint density at radius 3 is 2.54 bits per heavy atom. The van der Waals surface area contributed by atoms with Gasteiger partial charge in [0.05, 0.1) is 11.2 Å². The topological polar surface area (TPSA) is 69.4 Å². The van der Waals surface area contributed by atoms with Gasteiger partial charge >= 0.3 is 0 Å². The zero-order valence-electron chi connectivity index (χ0n) is 13.2. The van der Waals surface area contributed by atoms with Gasteiger partial charge in [-0.25, -0.2) is 9.97 Å². The molecule has 0 fully saturated rings. The minimum atomic E-state index is 0.667. The Kier molecular flexibility index (Phi) is 3.70. The van der Waals surface area contributed by atoms with E-state index < -0.39 is 0 Å². The fourth-order valence-corrected chi connectivity index (χ4v) is 3.26. The Hall–Kier alpha value is -2.80. The molecule has 7 heteroatoms. The van der Waals surface area contributed by atoms with Crippen molar-refractivity contribution in [2.24, 2.45) is 0 Å². The first-order valence-corrected chi connectivity index (χ1v) is 8.27. The van der Waals surface area contributed by atoms with Gasteiger partial charge in [0.1, 0.15) is 11.4 Å². The van der Waals surface area contributed by atoms with E-state index in [4.69, 9.17) is 0 Å². The molecule has 0 aliphatic rings. The van der Waals surface area contributed by atoms with E-state index in [-0.39, 0.29) is 0 Å². The van der Waals surface area contributed by atoms with Crippen LogP contribution in [-0.4, -0.2) is 30.2 Å². The van der Waals surface area contributed by atoms with Crippen molar-refractivity contribution in [1.29, 1.82) is 0 Å². The number of aromatic nitrogens is 6. The maximum Gasteiger partial charge on any atom is 0.220 e. The molecule has 4 rings (SSSR count). The van der Waals surface area contributed by atoms with Crippen LogP contribution in [0.15, 0.2) is 59.0 Å². The number of aryl methyl sites for hydroxylation is 2. The van der Waals surface area contributed by atoms with Gasteiger partial charge in [0, 0.05) is 5.39 Å². The summed E-state index contributed by atoms with van der Waals surface area (Å²) < 4.78 is 1.72. The Balaban J connectivity index is 1.76. The van der Waals surface area contributed by atoms with Crippen molar-refractivity contribution >= 4 is 22.7 Å². The highest BCUT2D eigenvalue weighted by atomic mass is 32.2. The molecule has 6 nitrogen and oxygen atoms in total. The van der Waals surface area contributed by atoms with E-state index in [0.29, 0.717) is 5.16 Å². The lowest BCUT2D eigenvalue weighted by molar-refractivity contribution is 0.756. The van der Waals surface area contributed by atoms with Crippen LogP contribution in [0.5, 0.6) is 0 Å². The highest BCUT2D eigenvalue weighted by molar-refractivity contribution is 7.99. The van der Waals surface area contributed by atoms with E-state index in [1.807, 2.05) is 43.3 Å². The zero-order chi connectivity index (χ0) is 16.5. The summed E-state index contributed by atoms with van der Waals surface area (Å²) in [6.07, 6.45) is 1.57. The first kappa shape index (κ1) is 14.8. The first-order chi connectivity index (χ1) is 11.7. The second kappa shape index (κ2) is 6.01. The average molecular weight is 334 g/mol. The molecular weight excluding hydrogens is 320 g/mol. The van der Waals surface area contributed by atoms with Crippen LogP contribution in [-0.2, 0) is 0 Å². The number of hydrogen-bond donors (Lipinski definition) is 0. The molecule has 0 atom stereocenters. The van der Waals surface area contributed by atoms with Gasteiger partial charge in [0.25, 0.3) is 0 Å². The quantitative estimate of drug-likeness (QED) is 0.535. The molecule has 0 aliphatic carbocycles. The second-order valence-electron chi connectivity index (χ2n) is 5.51. The zero-order valence-corrected chi connectivity index (χ0v) is 14.0. The molecule has 0 amide bonds. The van der Waals surface area contributed by atoms with Crippen molar-refractivity contribution in [3.63, 3.8) is 0 Å². The van der Waals surface area contributed by atoms with Crippen LogP contribution in [0.1, 0.15) is 11.1 Å². The Morgan fingerprint density at radius 2 is 1.71 bits per heavy atom.